The van der Waals surface area contributed by atoms with E-state index < -0.39 is 0 Å². The lowest BCUT2D eigenvalue weighted by molar-refractivity contribution is 0.525. The van der Waals surface area contributed by atoms with Crippen molar-refractivity contribution in [3.05, 3.63) is 16.1 Å². The van der Waals surface area contributed by atoms with Gasteiger partial charge in [0, 0.05) is 6.04 Å². The van der Waals surface area contributed by atoms with Gasteiger partial charge in [-0.15, -0.1) is 0 Å². The van der Waals surface area contributed by atoms with Gasteiger partial charge in [0.15, 0.2) is 5.65 Å². The largest absolute Gasteiger partial charge is 0.264 e. The topological polar surface area (TPSA) is 43.6 Å². The summed E-state index contributed by atoms with van der Waals surface area (Å²) in [6.45, 7) is 2.13. The number of fused-ring (bicyclic) bond motifs is 3. The first-order valence-corrected chi connectivity index (χ1v) is 5.52. The molecule has 6 heteroatoms. The maximum atomic E-state index is 6.05. The smallest absolute Gasteiger partial charge is 0.225 e. The van der Waals surface area contributed by atoms with Gasteiger partial charge in [-0.3, -0.25) is 4.68 Å². The molecular formula is C9H8Cl2N4. The summed E-state index contributed by atoms with van der Waals surface area (Å²) in [5, 5.41) is 5.80. The van der Waals surface area contributed by atoms with Crippen LogP contribution in [0.5, 0.6) is 0 Å². The fraction of sp³-hybridized carbons (Fsp3) is 0.444. The van der Waals surface area contributed by atoms with Crippen molar-refractivity contribution < 1.29 is 0 Å². The minimum absolute atomic E-state index is 0.150. The second-order valence-corrected chi connectivity index (χ2v) is 4.46. The van der Waals surface area contributed by atoms with Gasteiger partial charge in [0.2, 0.25) is 5.28 Å². The molecule has 4 nitrogen and oxygen atoms in total. The quantitative estimate of drug-likeness (QED) is 0.527. The third kappa shape index (κ3) is 1.25. The summed E-state index contributed by atoms with van der Waals surface area (Å²) in [5.74, 6) is 0. The number of aryl methyl sites for hydroxylation is 1. The highest BCUT2D eigenvalue weighted by Gasteiger charge is 2.25. The maximum absolute atomic E-state index is 6.05. The molecule has 0 aliphatic carbocycles. The van der Waals surface area contributed by atoms with Crippen molar-refractivity contribution in [1.82, 2.24) is 19.7 Å². The summed E-state index contributed by atoms with van der Waals surface area (Å²) in [7, 11) is 0. The van der Waals surface area contributed by atoms with Crippen LogP contribution in [0.4, 0.5) is 0 Å². The van der Waals surface area contributed by atoms with E-state index in [1.807, 2.05) is 4.68 Å². The number of aromatic nitrogens is 4. The monoisotopic (exact) mass is 242 g/mol. The van der Waals surface area contributed by atoms with Crippen molar-refractivity contribution in [1.29, 1.82) is 0 Å². The molecule has 3 heterocycles. The number of hydrogen-bond donors (Lipinski definition) is 0. The molecule has 0 N–H and O–H groups in total. The second kappa shape index (κ2) is 3.06. The van der Waals surface area contributed by atoms with E-state index in [1.54, 1.807) is 0 Å². The SMILES string of the molecule is CC1CCc2c3c(Cl)nc(Cl)nc3nn21. The van der Waals surface area contributed by atoms with Crippen molar-refractivity contribution >= 4 is 34.2 Å². The minimum Gasteiger partial charge on any atom is -0.264 e. The van der Waals surface area contributed by atoms with E-state index >= 15 is 0 Å². The van der Waals surface area contributed by atoms with Crippen molar-refractivity contribution in [2.24, 2.45) is 0 Å². The van der Waals surface area contributed by atoms with E-state index in [-0.39, 0.29) is 5.28 Å². The zero-order valence-corrected chi connectivity index (χ0v) is 9.55. The molecule has 1 unspecified atom stereocenters. The molecule has 0 saturated carbocycles. The summed E-state index contributed by atoms with van der Waals surface area (Å²) in [5.41, 5.74) is 1.72. The minimum atomic E-state index is 0.150. The molecule has 1 atom stereocenters. The molecule has 1 aliphatic heterocycles. The van der Waals surface area contributed by atoms with Crippen LogP contribution in [-0.4, -0.2) is 19.7 Å². The Balaban J connectivity index is 2.40. The molecule has 15 heavy (non-hydrogen) atoms. The van der Waals surface area contributed by atoms with Gasteiger partial charge >= 0.3 is 0 Å². The predicted molar refractivity (Wildman–Crippen MR) is 58.4 cm³/mol. The molecule has 2 aromatic heterocycles. The normalized spacial score (nSPS) is 19.8. The first-order chi connectivity index (χ1) is 7.16. The Labute approximate surface area is 96.2 Å². The van der Waals surface area contributed by atoms with Crippen LogP contribution in [0.2, 0.25) is 10.4 Å². The van der Waals surface area contributed by atoms with Crippen LogP contribution in [0.3, 0.4) is 0 Å². The number of halogens is 2. The van der Waals surface area contributed by atoms with Gasteiger partial charge in [0.1, 0.15) is 5.15 Å². The van der Waals surface area contributed by atoms with Crippen LogP contribution >= 0.6 is 23.2 Å². The standard InChI is InChI=1S/C9H8Cl2N4/c1-4-2-3-5-6-7(10)12-9(11)13-8(6)14-15(4)5/h4H,2-3H2,1H3. The van der Waals surface area contributed by atoms with Crippen LogP contribution in [0, 0.1) is 0 Å². The van der Waals surface area contributed by atoms with E-state index in [1.165, 1.54) is 0 Å². The first kappa shape index (κ1) is 9.36. The highest BCUT2D eigenvalue weighted by molar-refractivity contribution is 6.35. The average Bonchev–Trinajstić information content (AvgIpc) is 2.66. The van der Waals surface area contributed by atoms with E-state index in [4.69, 9.17) is 23.2 Å². The highest BCUT2D eigenvalue weighted by Crippen LogP contribution is 2.33. The lowest BCUT2D eigenvalue weighted by Crippen LogP contribution is -2.00. The van der Waals surface area contributed by atoms with E-state index in [0.717, 1.165) is 23.9 Å². The second-order valence-electron chi connectivity index (χ2n) is 3.76. The van der Waals surface area contributed by atoms with Crippen molar-refractivity contribution in [2.75, 3.05) is 0 Å². The van der Waals surface area contributed by atoms with Crippen molar-refractivity contribution in [3.8, 4) is 0 Å². The summed E-state index contributed by atoms with van der Waals surface area (Å²) in [6.07, 6.45) is 2.07. The fourth-order valence-electron chi connectivity index (χ4n) is 2.07. The molecule has 0 radical (unpaired) electrons. The molecule has 2 aromatic rings. The zero-order chi connectivity index (χ0) is 10.6. The van der Waals surface area contributed by atoms with Crippen LogP contribution in [-0.2, 0) is 6.42 Å². The van der Waals surface area contributed by atoms with Gasteiger partial charge in [-0.05, 0) is 31.4 Å². The van der Waals surface area contributed by atoms with Crippen molar-refractivity contribution in [3.63, 3.8) is 0 Å². The third-order valence-corrected chi connectivity index (χ3v) is 3.25. The summed E-state index contributed by atoms with van der Waals surface area (Å²) < 4.78 is 1.97. The number of hydrogen-bond acceptors (Lipinski definition) is 3. The Bertz CT molecular complexity index is 549. The molecule has 0 saturated heterocycles. The summed E-state index contributed by atoms with van der Waals surface area (Å²) >= 11 is 11.8. The van der Waals surface area contributed by atoms with E-state index in [9.17, 15) is 0 Å². The average molecular weight is 243 g/mol. The first-order valence-electron chi connectivity index (χ1n) is 4.77. The van der Waals surface area contributed by atoms with Gasteiger partial charge in [-0.25, -0.2) is 4.98 Å². The van der Waals surface area contributed by atoms with Crippen LogP contribution in [0.25, 0.3) is 11.0 Å². The molecule has 0 aromatic carbocycles. The van der Waals surface area contributed by atoms with Crippen LogP contribution < -0.4 is 0 Å². The molecule has 0 fully saturated rings. The highest BCUT2D eigenvalue weighted by atomic mass is 35.5. The van der Waals surface area contributed by atoms with Crippen LogP contribution in [0.15, 0.2) is 0 Å². The molecule has 78 valence electrons. The Hall–Kier alpha value is -0.870. The lowest BCUT2D eigenvalue weighted by atomic mass is 10.2. The Morgan fingerprint density at radius 3 is 2.93 bits per heavy atom. The Kier molecular flexibility index (Phi) is 1.91. The van der Waals surface area contributed by atoms with Gasteiger partial charge in [0.05, 0.1) is 11.1 Å². The van der Waals surface area contributed by atoms with Gasteiger partial charge < -0.3 is 0 Å². The fourth-order valence-corrected chi connectivity index (χ4v) is 2.55. The Morgan fingerprint density at radius 2 is 2.13 bits per heavy atom. The molecule has 0 spiro atoms. The van der Waals surface area contributed by atoms with E-state index in [0.29, 0.717) is 16.8 Å². The number of rotatable bonds is 0. The Morgan fingerprint density at radius 1 is 1.33 bits per heavy atom. The van der Waals surface area contributed by atoms with Gasteiger partial charge in [-0.2, -0.15) is 10.1 Å². The zero-order valence-electron chi connectivity index (χ0n) is 8.04. The number of nitrogens with zero attached hydrogens (tertiary/aromatic N) is 4. The summed E-state index contributed by atoms with van der Waals surface area (Å²) in [4.78, 5) is 8.02. The van der Waals surface area contributed by atoms with Crippen LogP contribution in [0.1, 0.15) is 25.1 Å². The molecule has 0 amide bonds. The molecule has 3 rings (SSSR count). The van der Waals surface area contributed by atoms with Gasteiger partial charge in [-0.1, -0.05) is 11.6 Å². The third-order valence-electron chi connectivity index (χ3n) is 2.80. The molecule has 0 bridgehead atoms. The lowest BCUT2D eigenvalue weighted by Gasteiger charge is -2.01. The maximum Gasteiger partial charge on any atom is 0.225 e. The summed E-state index contributed by atoms with van der Waals surface area (Å²) in [6, 6.07) is 0.407. The van der Waals surface area contributed by atoms with E-state index in [2.05, 4.69) is 22.0 Å². The molecule has 1 aliphatic rings. The predicted octanol–water partition coefficient (Wildman–Crippen LogP) is 2.64. The molecular weight excluding hydrogens is 235 g/mol. The van der Waals surface area contributed by atoms with Crippen molar-refractivity contribution in [2.45, 2.75) is 25.8 Å². The van der Waals surface area contributed by atoms with Gasteiger partial charge in [0.25, 0.3) is 0 Å².